The van der Waals surface area contributed by atoms with Crippen LogP contribution in [0.4, 0.5) is 5.69 Å². The van der Waals surface area contributed by atoms with Crippen LogP contribution < -0.4 is 24.8 Å². The standard InChI is InChI=1S/C31H32N2O6/c1-17-10-12-26(39-17)30-28(31(35)33-21-8-6-7-9-24(21)36-3)18(2)32-22-14-20(15-23(34)29(22)30)19-11-13-25(37-4)27(16-19)38-5/h6-13,16,20,30,32H,14-15H2,1-5H3,(H,33,35)/t20-,30-/m0/s1. The molecule has 0 saturated heterocycles. The average molecular weight is 529 g/mol. The molecule has 5 rings (SSSR count). The minimum absolute atomic E-state index is 0.0299. The number of carbonyl (C=O) groups excluding carboxylic acids is 2. The van der Waals surface area contributed by atoms with E-state index in [0.717, 1.165) is 11.3 Å². The molecule has 2 N–H and O–H groups in total. The van der Waals surface area contributed by atoms with Gasteiger partial charge in [-0.1, -0.05) is 18.2 Å². The van der Waals surface area contributed by atoms with E-state index in [-0.39, 0.29) is 17.6 Å². The number of para-hydroxylation sites is 2. The highest BCUT2D eigenvalue weighted by Crippen LogP contribution is 2.47. The van der Waals surface area contributed by atoms with E-state index in [1.165, 1.54) is 0 Å². The molecule has 0 unspecified atom stereocenters. The zero-order valence-corrected chi connectivity index (χ0v) is 22.7. The first-order valence-electron chi connectivity index (χ1n) is 12.8. The Balaban J connectivity index is 1.53. The summed E-state index contributed by atoms with van der Waals surface area (Å²) in [5.41, 5.74) is 4.00. The number of anilines is 1. The average Bonchev–Trinajstić information content (AvgIpc) is 3.37. The Kier molecular flexibility index (Phi) is 7.19. The summed E-state index contributed by atoms with van der Waals surface area (Å²) in [6.45, 7) is 3.70. The number of benzene rings is 2. The molecule has 3 aromatic rings. The highest BCUT2D eigenvalue weighted by atomic mass is 16.5. The van der Waals surface area contributed by atoms with Crippen molar-refractivity contribution in [1.29, 1.82) is 0 Å². The molecule has 0 fully saturated rings. The molecule has 2 atom stereocenters. The van der Waals surface area contributed by atoms with Gasteiger partial charge in [-0.15, -0.1) is 0 Å². The molecule has 202 valence electrons. The van der Waals surface area contributed by atoms with Gasteiger partial charge in [0.25, 0.3) is 5.91 Å². The lowest BCUT2D eigenvalue weighted by atomic mass is 9.73. The predicted molar refractivity (Wildman–Crippen MR) is 147 cm³/mol. The molecule has 0 spiro atoms. The second kappa shape index (κ2) is 10.7. The number of rotatable bonds is 7. The molecule has 2 heterocycles. The number of Topliss-reactive ketones (excluding diaryl/α,β-unsaturated/α-hetero) is 1. The summed E-state index contributed by atoms with van der Waals surface area (Å²) < 4.78 is 22.3. The van der Waals surface area contributed by atoms with Crippen molar-refractivity contribution in [2.24, 2.45) is 0 Å². The number of furan rings is 1. The Morgan fingerprint density at radius 3 is 2.36 bits per heavy atom. The molecule has 2 aromatic carbocycles. The number of allylic oxidation sites excluding steroid dienone is 3. The highest BCUT2D eigenvalue weighted by Gasteiger charge is 2.42. The molecule has 2 aliphatic rings. The molecular weight excluding hydrogens is 496 g/mol. The van der Waals surface area contributed by atoms with Crippen LogP contribution in [-0.2, 0) is 9.59 Å². The Bertz CT molecular complexity index is 1500. The van der Waals surface area contributed by atoms with Crippen molar-refractivity contribution in [3.8, 4) is 17.2 Å². The fourth-order valence-electron chi connectivity index (χ4n) is 5.51. The molecule has 1 aliphatic heterocycles. The normalized spacial score (nSPS) is 18.8. The predicted octanol–water partition coefficient (Wildman–Crippen LogP) is 5.61. The summed E-state index contributed by atoms with van der Waals surface area (Å²) in [7, 11) is 4.75. The number of ketones is 1. The summed E-state index contributed by atoms with van der Waals surface area (Å²) in [5, 5.41) is 6.37. The lowest BCUT2D eigenvalue weighted by Crippen LogP contribution is -2.37. The Labute approximate surface area is 227 Å². The maximum absolute atomic E-state index is 13.8. The lowest BCUT2D eigenvalue weighted by molar-refractivity contribution is -0.116. The van der Waals surface area contributed by atoms with Crippen molar-refractivity contribution in [3.05, 3.63) is 94.2 Å². The van der Waals surface area contributed by atoms with Crippen LogP contribution in [0.2, 0.25) is 0 Å². The minimum Gasteiger partial charge on any atom is -0.495 e. The van der Waals surface area contributed by atoms with E-state index < -0.39 is 5.92 Å². The molecular formula is C31H32N2O6. The number of amides is 1. The van der Waals surface area contributed by atoms with Crippen molar-refractivity contribution in [3.63, 3.8) is 0 Å². The van der Waals surface area contributed by atoms with E-state index in [1.54, 1.807) is 33.5 Å². The van der Waals surface area contributed by atoms with Gasteiger partial charge in [0.2, 0.25) is 0 Å². The van der Waals surface area contributed by atoms with Crippen molar-refractivity contribution in [1.82, 2.24) is 5.32 Å². The molecule has 1 aromatic heterocycles. The summed E-state index contributed by atoms with van der Waals surface area (Å²) >= 11 is 0. The zero-order chi connectivity index (χ0) is 27.7. The first kappa shape index (κ1) is 26.2. The van der Waals surface area contributed by atoms with Gasteiger partial charge in [0, 0.05) is 23.4 Å². The number of nitrogens with one attached hydrogen (secondary N) is 2. The third-order valence-electron chi connectivity index (χ3n) is 7.35. The van der Waals surface area contributed by atoms with Gasteiger partial charge in [-0.2, -0.15) is 0 Å². The second-order valence-electron chi connectivity index (χ2n) is 9.73. The van der Waals surface area contributed by atoms with Crippen LogP contribution in [0.3, 0.4) is 0 Å². The molecule has 1 amide bonds. The second-order valence-corrected chi connectivity index (χ2v) is 9.73. The number of ether oxygens (including phenoxy) is 3. The minimum atomic E-state index is -0.636. The fraction of sp³-hybridized carbons (Fsp3) is 0.290. The first-order valence-corrected chi connectivity index (χ1v) is 12.8. The fourth-order valence-corrected chi connectivity index (χ4v) is 5.51. The van der Waals surface area contributed by atoms with Gasteiger partial charge in [0.05, 0.1) is 38.5 Å². The maximum Gasteiger partial charge on any atom is 0.254 e. The van der Waals surface area contributed by atoms with Crippen molar-refractivity contribution in [2.75, 3.05) is 26.6 Å². The van der Waals surface area contributed by atoms with Crippen LogP contribution >= 0.6 is 0 Å². The summed E-state index contributed by atoms with van der Waals surface area (Å²) in [5.74, 6) is 2.02. The molecule has 1 aliphatic carbocycles. The van der Waals surface area contributed by atoms with Gasteiger partial charge in [0.1, 0.15) is 17.3 Å². The van der Waals surface area contributed by atoms with E-state index in [9.17, 15) is 9.59 Å². The number of dihydropyridines is 1. The Hall–Kier alpha value is -4.46. The third-order valence-corrected chi connectivity index (χ3v) is 7.35. The largest absolute Gasteiger partial charge is 0.495 e. The number of methoxy groups -OCH3 is 3. The monoisotopic (exact) mass is 528 g/mol. The van der Waals surface area contributed by atoms with E-state index in [2.05, 4.69) is 10.6 Å². The smallest absolute Gasteiger partial charge is 0.254 e. The molecule has 8 heteroatoms. The van der Waals surface area contributed by atoms with Gasteiger partial charge in [-0.3, -0.25) is 9.59 Å². The number of hydrogen-bond acceptors (Lipinski definition) is 7. The van der Waals surface area contributed by atoms with Crippen molar-refractivity contribution in [2.45, 2.75) is 38.5 Å². The lowest BCUT2D eigenvalue weighted by Gasteiger charge is -2.36. The van der Waals surface area contributed by atoms with E-state index in [4.69, 9.17) is 18.6 Å². The quantitative estimate of drug-likeness (QED) is 0.411. The molecule has 0 bridgehead atoms. The van der Waals surface area contributed by atoms with Crippen LogP contribution in [0, 0.1) is 6.92 Å². The maximum atomic E-state index is 13.8. The molecule has 39 heavy (non-hydrogen) atoms. The van der Waals surface area contributed by atoms with Crippen molar-refractivity contribution >= 4 is 17.4 Å². The van der Waals surface area contributed by atoms with Gasteiger partial charge < -0.3 is 29.3 Å². The topological polar surface area (TPSA) is 99.0 Å². The third kappa shape index (κ3) is 4.90. The van der Waals surface area contributed by atoms with Crippen LogP contribution in [0.15, 0.2) is 81.6 Å². The van der Waals surface area contributed by atoms with Gasteiger partial charge in [-0.05, 0) is 68.1 Å². The van der Waals surface area contributed by atoms with Crippen LogP contribution in [0.5, 0.6) is 17.2 Å². The Morgan fingerprint density at radius 1 is 0.923 bits per heavy atom. The van der Waals surface area contributed by atoms with Crippen molar-refractivity contribution < 1.29 is 28.2 Å². The van der Waals surface area contributed by atoms with Gasteiger partial charge in [0.15, 0.2) is 17.3 Å². The first-order chi connectivity index (χ1) is 18.8. The molecule has 8 nitrogen and oxygen atoms in total. The molecule has 0 saturated carbocycles. The summed E-state index contributed by atoms with van der Waals surface area (Å²) in [6.07, 6.45) is 0.901. The number of carbonyl (C=O) groups is 2. The van der Waals surface area contributed by atoms with E-state index in [0.29, 0.717) is 64.1 Å². The van der Waals surface area contributed by atoms with Gasteiger partial charge >= 0.3 is 0 Å². The zero-order valence-electron chi connectivity index (χ0n) is 22.7. The van der Waals surface area contributed by atoms with Crippen LogP contribution in [0.1, 0.15) is 48.7 Å². The summed E-state index contributed by atoms with van der Waals surface area (Å²) in [4.78, 5) is 27.6. The van der Waals surface area contributed by atoms with E-state index in [1.807, 2.05) is 56.3 Å². The Morgan fingerprint density at radius 2 is 1.67 bits per heavy atom. The highest BCUT2D eigenvalue weighted by molar-refractivity contribution is 6.10. The summed E-state index contributed by atoms with van der Waals surface area (Å²) in [6, 6.07) is 16.7. The van der Waals surface area contributed by atoms with Gasteiger partial charge in [-0.25, -0.2) is 0 Å². The van der Waals surface area contributed by atoms with E-state index >= 15 is 0 Å². The molecule has 0 radical (unpaired) electrons. The number of hydrogen-bond donors (Lipinski definition) is 2. The van der Waals surface area contributed by atoms with Crippen LogP contribution in [0.25, 0.3) is 0 Å². The number of aryl methyl sites for hydroxylation is 1. The van der Waals surface area contributed by atoms with Crippen LogP contribution in [-0.4, -0.2) is 33.0 Å². The SMILES string of the molecule is COc1ccccc1NC(=O)C1=C(C)NC2=C(C(=O)C[C@@H](c3ccc(OC)c(OC)c3)C2)[C@H]1c1ccc(C)o1.